The Balaban J connectivity index is 2.87. The van der Waals surface area contributed by atoms with Gasteiger partial charge in [-0.2, -0.15) is 0 Å². The van der Waals surface area contributed by atoms with Crippen LogP contribution in [0, 0.1) is 12.3 Å². The SMILES string of the molecule is C#Cc1csc(=O)n1CCC(=O)O. The van der Waals surface area contributed by atoms with Crippen LogP contribution in [-0.2, 0) is 11.3 Å². The van der Waals surface area contributed by atoms with Crippen LogP contribution in [0.4, 0.5) is 0 Å². The summed E-state index contributed by atoms with van der Waals surface area (Å²) in [6, 6.07) is 0. The second kappa shape index (κ2) is 3.92. The molecule has 0 aliphatic carbocycles. The first-order valence-electron chi connectivity index (χ1n) is 3.52. The third kappa shape index (κ3) is 2.20. The number of aromatic nitrogens is 1. The lowest BCUT2D eigenvalue weighted by molar-refractivity contribution is -0.137. The molecule has 0 spiro atoms. The second-order valence-corrected chi connectivity index (χ2v) is 3.15. The lowest BCUT2D eigenvalue weighted by Gasteiger charge is -1.99. The number of thiazole rings is 1. The van der Waals surface area contributed by atoms with Gasteiger partial charge >= 0.3 is 10.8 Å². The number of terminal acetylenes is 1. The Morgan fingerprint density at radius 3 is 3.00 bits per heavy atom. The van der Waals surface area contributed by atoms with Gasteiger partial charge < -0.3 is 5.11 Å². The van der Waals surface area contributed by atoms with Gasteiger partial charge in [-0.05, 0) is 0 Å². The fourth-order valence-electron chi connectivity index (χ4n) is 0.863. The molecule has 4 nitrogen and oxygen atoms in total. The van der Waals surface area contributed by atoms with Crippen molar-refractivity contribution in [3.05, 3.63) is 20.7 Å². The summed E-state index contributed by atoms with van der Waals surface area (Å²) in [5.41, 5.74) is 0.441. The lowest BCUT2D eigenvalue weighted by Crippen LogP contribution is -2.16. The van der Waals surface area contributed by atoms with Gasteiger partial charge in [0.1, 0.15) is 5.69 Å². The molecule has 0 aliphatic rings. The minimum Gasteiger partial charge on any atom is -0.481 e. The van der Waals surface area contributed by atoms with Crippen molar-refractivity contribution in [2.75, 3.05) is 0 Å². The van der Waals surface area contributed by atoms with Crippen molar-refractivity contribution in [3.8, 4) is 12.3 Å². The Bertz CT molecular complexity index is 410. The molecular weight excluding hydrogens is 190 g/mol. The van der Waals surface area contributed by atoms with Crippen LogP contribution in [-0.4, -0.2) is 15.6 Å². The fraction of sp³-hybridized carbons (Fsp3) is 0.250. The molecule has 1 N–H and O–H groups in total. The molecular formula is C8H7NO3S. The molecule has 0 radical (unpaired) electrons. The van der Waals surface area contributed by atoms with E-state index in [-0.39, 0.29) is 17.8 Å². The summed E-state index contributed by atoms with van der Waals surface area (Å²) < 4.78 is 1.29. The number of nitrogens with zero attached hydrogens (tertiary/aromatic N) is 1. The molecule has 1 rings (SSSR count). The minimum absolute atomic E-state index is 0.0919. The quantitative estimate of drug-likeness (QED) is 0.712. The van der Waals surface area contributed by atoms with E-state index in [0.717, 1.165) is 11.3 Å². The van der Waals surface area contributed by atoms with Crippen LogP contribution in [0.1, 0.15) is 12.1 Å². The maximum Gasteiger partial charge on any atom is 0.308 e. The van der Waals surface area contributed by atoms with E-state index in [0.29, 0.717) is 5.69 Å². The molecule has 1 aromatic rings. The minimum atomic E-state index is -0.943. The van der Waals surface area contributed by atoms with Crippen LogP contribution in [0.2, 0.25) is 0 Å². The largest absolute Gasteiger partial charge is 0.481 e. The Kier molecular flexibility index (Phi) is 2.88. The number of aliphatic carboxylic acids is 1. The number of hydrogen-bond donors (Lipinski definition) is 1. The number of carbonyl (C=O) groups is 1. The van der Waals surface area contributed by atoms with Gasteiger partial charge in [0.05, 0.1) is 6.42 Å². The zero-order chi connectivity index (χ0) is 9.84. The third-order valence-electron chi connectivity index (χ3n) is 1.48. The Labute approximate surface area is 78.4 Å². The van der Waals surface area contributed by atoms with Crippen LogP contribution < -0.4 is 4.87 Å². The van der Waals surface area contributed by atoms with Crippen molar-refractivity contribution in [3.63, 3.8) is 0 Å². The van der Waals surface area contributed by atoms with E-state index < -0.39 is 5.97 Å². The van der Waals surface area contributed by atoms with Crippen molar-refractivity contribution < 1.29 is 9.90 Å². The fourth-order valence-corrected chi connectivity index (χ4v) is 1.59. The molecule has 0 saturated carbocycles. The summed E-state index contributed by atoms with van der Waals surface area (Å²) in [5, 5.41) is 9.95. The van der Waals surface area contributed by atoms with E-state index in [1.165, 1.54) is 4.57 Å². The first-order chi connectivity index (χ1) is 6.15. The average Bonchev–Trinajstić information content (AvgIpc) is 2.43. The van der Waals surface area contributed by atoms with Crippen LogP contribution in [0.3, 0.4) is 0 Å². The maximum absolute atomic E-state index is 11.1. The van der Waals surface area contributed by atoms with Crippen LogP contribution >= 0.6 is 11.3 Å². The molecule has 0 aliphatic heterocycles. The van der Waals surface area contributed by atoms with Gasteiger partial charge in [0.15, 0.2) is 0 Å². The van der Waals surface area contributed by atoms with Crippen molar-refractivity contribution in [2.24, 2.45) is 0 Å². The molecule has 0 aromatic carbocycles. The zero-order valence-corrected chi connectivity index (χ0v) is 7.50. The molecule has 13 heavy (non-hydrogen) atoms. The number of carboxylic acids is 1. The van der Waals surface area contributed by atoms with E-state index in [1.807, 2.05) is 0 Å². The Hall–Kier alpha value is -1.54. The molecule has 0 amide bonds. The summed E-state index contributed by atoms with van der Waals surface area (Å²) in [6.07, 6.45) is 5.03. The van der Waals surface area contributed by atoms with E-state index in [1.54, 1.807) is 5.38 Å². The predicted molar refractivity (Wildman–Crippen MR) is 48.8 cm³/mol. The van der Waals surface area contributed by atoms with E-state index in [9.17, 15) is 9.59 Å². The molecule has 5 heteroatoms. The smallest absolute Gasteiger partial charge is 0.308 e. The average molecular weight is 197 g/mol. The highest BCUT2D eigenvalue weighted by Crippen LogP contribution is 2.00. The van der Waals surface area contributed by atoms with E-state index in [2.05, 4.69) is 5.92 Å². The van der Waals surface area contributed by atoms with Gasteiger partial charge in [-0.1, -0.05) is 17.3 Å². The molecule has 1 heterocycles. The topological polar surface area (TPSA) is 59.3 Å². The molecule has 0 fully saturated rings. The number of carboxylic acid groups (broad SMARTS) is 1. The van der Waals surface area contributed by atoms with Gasteiger partial charge in [-0.3, -0.25) is 14.2 Å². The van der Waals surface area contributed by atoms with Crippen molar-refractivity contribution >= 4 is 17.3 Å². The van der Waals surface area contributed by atoms with Crippen LogP contribution in [0.5, 0.6) is 0 Å². The van der Waals surface area contributed by atoms with Gasteiger partial charge in [0, 0.05) is 11.9 Å². The lowest BCUT2D eigenvalue weighted by atomic mass is 10.4. The summed E-state index contributed by atoms with van der Waals surface area (Å²) >= 11 is 0.979. The molecule has 0 bridgehead atoms. The second-order valence-electron chi connectivity index (χ2n) is 2.33. The first-order valence-corrected chi connectivity index (χ1v) is 4.40. The zero-order valence-electron chi connectivity index (χ0n) is 6.69. The van der Waals surface area contributed by atoms with Gasteiger partial charge in [0.2, 0.25) is 0 Å². The maximum atomic E-state index is 11.1. The first kappa shape index (κ1) is 9.55. The summed E-state index contributed by atoms with van der Waals surface area (Å²) in [4.78, 5) is 21.1. The van der Waals surface area contributed by atoms with Gasteiger partial charge in [0.25, 0.3) is 0 Å². The van der Waals surface area contributed by atoms with Crippen molar-refractivity contribution in [1.82, 2.24) is 4.57 Å². The van der Waals surface area contributed by atoms with Crippen molar-refractivity contribution in [1.29, 1.82) is 0 Å². The molecule has 1 aromatic heterocycles. The molecule has 0 saturated heterocycles. The van der Waals surface area contributed by atoms with Crippen LogP contribution in [0.25, 0.3) is 0 Å². The van der Waals surface area contributed by atoms with Crippen molar-refractivity contribution in [2.45, 2.75) is 13.0 Å². The normalized spacial score (nSPS) is 9.46. The summed E-state index contributed by atoms with van der Waals surface area (Å²) in [7, 11) is 0. The monoisotopic (exact) mass is 197 g/mol. The van der Waals surface area contributed by atoms with Gasteiger partial charge in [-0.25, -0.2) is 0 Å². The highest BCUT2D eigenvalue weighted by Gasteiger charge is 2.05. The van der Waals surface area contributed by atoms with Crippen LogP contribution in [0.15, 0.2) is 10.2 Å². The molecule has 0 unspecified atom stereocenters. The summed E-state index contributed by atoms with van der Waals surface area (Å²) in [6.45, 7) is 0.136. The van der Waals surface area contributed by atoms with Gasteiger partial charge in [-0.15, -0.1) is 6.42 Å². The molecule has 0 atom stereocenters. The Morgan fingerprint density at radius 2 is 2.46 bits per heavy atom. The summed E-state index contributed by atoms with van der Waals surface area (Å²) in [5.74, 6) is 1.38. The number of rotatable bonds is 3. The van der Waals surface area contributed by atoms with E-state index in [4.69, 9.17) is 11.5 Å². The third-order valence-corrected chi connectivity index (χ3v) is 2.24. The molecule has 68 valence electrons. The van der Waals surface area contributed by atoms with E-state index >= 15 is 0 Å². The highest BCUT2D eigenvalue weighted by molar-refractivity contribution is 7.07. The Morgan fingerprint density at radius 1 is 1.77 bits per heavy atom. The number of hydrogen-bond acceptors (Lipinski definition) is 3. The predicted octanol–water partition coefficient (Wildman–Crippen LogP) is 0.366. The standard InChI is InChI=1S/C8H7NO3S/c1-2-6-5-13-8(12)9(6)4-3-7(10)11/h1,5H,3-4H2,(H,10,11). The highest BCUT2D eigenvalue weighted by atomic mass is 32.1.